The smallest absolute Gasteiger partial charge is 0.207 e. The third-order valence-corrected chi connectivity index (χ3v) is 4.41. The highest BCUT2D eigenvalue weighted by Crippen LogP contribution is 2.24. The van der Waals surface area contributed by atoms with Gasteiger partial charge in [-0.15, -0.1) is 11.6 Å². The molecule has 0 aromatic heterocycles. The van der Waals surface area contributed by atoms with Crippen molar-refractivity contribution in [2.24, 2.45) is 0 Å². The molecular weight excluding hydrogens is 349 g/mol. The van der Waals surface area contributed by atoms with Crippen LogP contribution in [0.25, 0.3) is 0 Å². The van der Waals surface area contributed by atoms with Crippen molar-refractivity contribution in [3.05, 3.63) is 39.8 Å². The molecule has 0 aliphatic heterocycles. The SMILES string of the molecule is O=S(=O)(NC/C=C/CCl)c1ccc(Br)cc1Cl. The Hall–Kier alpha value is -0.0700. The molecule has 0 aliphatic rings. The third-order valence-electron chi connectivity index (χ3n) is 1.83. The van der Waals surface area contributed by atoms with Gasteiger partial charge in [-0.1, -0.05) is 39.7 Å². The van der Waals surface area contributed by atoms with Crippen molar-refractivity contribution in [2.45, 2.75) is 4.90 Å². The average Bonchev–Trinajstić information content (AvgIpc) is 2.24. The van der Waals surface area contributed by atoms with Crippen LogP contribution in [0.1, 0.15) is 0 Å². The fraction of sp³-hybridized carbons (Fsp3) is 0.200. The minimum absolute atomic E-state index is 0.0571. The number of hydrogen-bond donors (Lipinski definition) is 1. The summed E-state index contributed by atoms with van der Waals surface area (Å²) in [6.07, 6.45) is 3.30. The number of benzene rings is 1. The molecule has 3 nitrogen and oxygen atoms in total. The van der Waals surface area contributed by atoms with Crippen molar-refractivity contribution in [1.29, 1.82) is 0 Å². The van der Waals surface area contributed by atoms with E-state index in [0.29, 0.717) is 5.88 Å². The summed E-state index contributed by atoms with van der Waals surface area (Å²) in [5.41, 5.74) is 0. The zero-order valence-electron chi connectivity index (χ0n) is 8.66. The molecule has 0 saturated carbocycles. The van der Waals surface area contributed by atoms with E-state index in [4.69, 9.17) is 23.2 Å². The number of nitrogens with one attached hydrogen (secondary N) is 1. The molecule has 0 bridgehead atoms. The van der Waals surface area contributed by atoms with Crippen LogP contribution in [0.4, 0.5) is 0 Å². The van der Waals surface area contributed by atoms with Crippen molar-refractivity contribution >= 4 is 49.2 Å². The predicted molar refractivity (Wildman–Crippen MR) is 74.2 cm³/mol. The molecule has 0 saturated heterocycles. The normalized spacial score (nSPS) is 12.2. The molecular formula is C10H10BrCl2NO2S. The Labute approximate surface area is 119 Å². The molecule has 0 amide bonds. The van der Waals surface area contributed by atoms with E-state index in [9.17, 15) is 8.42 Å². The van der Waals surface area contributed by atoms with Gasteiger partial charge in [-0.2, -0.15) is 0 Å². The molecule has 0 fully saturated rings. The van der Waals surface area contributed by atoms with E-state index in [1.807, 2.05) is 0 Å². The molecule has 17 heavy (non-hydrogen) atoms. The summed E-state index contributed by atoms with van der Waals surface area (Å²) in [6, 6.07) is 4.60. The van der Waals surface area contributed by atoms with Gasteiger partial charge in [0.2, 0.25) is 10.0 Å². The Morgan fingerprint density at radius 1 is 1.35 bits per heavy atom. The summed E-state index contributed by atoms with van der Waals surface area (Å²) in [5.74, 6) is 0.348. The molecule has 1 rings (SSSR count). The lowest BCUT2D eigenvalue weighted by molar-refractivity contribution is 0.585. The number of hydrogen-bond acceptors (Lipinski definition) is 2. The molecule has 1 aromatic rings. The lowest BCUT2D eigenvalue weighted by Gasteiger charge is -2.06. The Balaban J connectivity index is 2.86. The molecule has 0 heterocycles. The van der Waals surface area contributed by atoms with Crippen molar-refractivity contribution in [3.63, 3.8) is 0 Å². The number of rotatable bonds is 5. The van der Waals surface area contributed by atoms with Crippen LogP contribution in [0.3, 0.4) is 0 Å². The monoisotopic (exact) mass is 357 g/mol. The minimum atomic E-state index is -3.59. The first kappa shape index (κ1) is 15.0. The van der Waals surface area contributed by atoms with Crippen LogP contribution in [-0.4, -0.2) is 20.8 Å². The van der Waals surface area contributed by atoms with Crippen LogP contribution in [-0.2, 0) is 10.0 Å². The summed E-state index contributed by atoms with van der Waals surface area (Å²) in [6.45, 7) is 0.182. The first-order chi connectivity index (χ1) is 7.97. The van der Waals surface area contributed by atoms with Gasteiger partial charge in [-0.05, 0) is 18.2 Å². The van der Waals surface area contributed by atoms with Gasteiger partial charge >= 0.3 is 0 Å². The highest BCUT2D eigenvalue weighted by molar-refractivity contribution is 9.10. The number of allylic oxidation sites excluding steroid dienone is 1. The first-order valence-corrected chi connectivity index (χ1v) is 7.82. The number of halogens is 3. The van der Waals surface area contributed by atoms with Crippen molar-refractivity contribution < 1.29 is 8.42 Å². The fourth-order valence-corrected chi connectivity index (χ4v) is 3.21. The van der Waals surface area contributed by atoms with Gasteiger partial charge in [0.25, 0.3) is 0 Å². The van der Waals surface area contributed by atoms with Crippen LogP contribution < -0.4 is 4.72 Å². The molecule has 0 aliphatic carbocycles. The van der Waals surface area contributed by atoms with Gasteiger partial charge in [0, 0.05) is 16.9 Å². The maximum Gasteiger partial charge on any atom is 0.242 e. The molecule has 94 valence electrons. The second-order valence-electron chi connectivity index (χ2n) is 3.05. The molecule has 1 aromatic carbocycles. The van der Waals surface area contributed by atoms with Crippen LogP contribution in [0.5, 0.6) is 0 Å². The lowest BCUT2D eigenvalue weighted by atomic mass is 10.4. The van der Waals surface area contributed by atoms with Crippen LogP contribution >= 0.6 is 39.1 Å². The van der Waals surface area contributed by atoms with E-state index in [2.05, 4.69) is 20.7 Å². The Bertz CT molecular complexity index is 517. The van der Waals surface area contributed by atoms with E-state index < -0.39 is 10.0 Å². The van der Waals surface area contributed by atoms with Gasteiger partial charge in [0.1, 0.15) is 4.90 Å². The van der Waals surface area contributed by atoms with E-state index in [1.54, 1.807) is 18.2 Å². The summed E-state index contributed by atoms with van der Waals surface area (Å²) >= 11 is 14.5. The number of alkyl halides is 1. The van der Waals surface area contributed by atoms with Crippen molar-refractivity contribution in [2.75, 3.05) is 12.4 Å². The summed E-state index contributed by atoms with van der Waals surface area (Å²) in [5, 5.41) is 0.174. The summed E-state index contributed by atoms with van der Waals surface area (Å²) in [7, 11) is -3.59. The molecule has 1 N–H and O–H groups in total. The van der Waals surface area contributed by atoms with Gasteiger partial charge in [0.15, 0.2) is 0 Å². The Morgan fingerprint density at radius 2 is 2.06 bits per heavy atom. The molecule has 0 unspecified atom stereocenters. The largest absolute Gasteiger partial charge is 0.242 e. The van der Waals surface area contributed by atoms with Crippen molar-refractivity contribution in [3.8, 4) is 0 Å². The van der Waals surface area contributed by atoms with E-state index in [-0.39, 0.29) is 16.5 Å². The van der Waals surface area contributed by atoms with Gasteiger partial charge in [-0.25, -0.2) is 13.1 Å². The third kappa shape index (κ3) is 4.60. The molecule has 7 heteroatoms. The molecule has 0 atom stereocenters. The van der Waals surface area contributed by atoms with Crippen LogP contribution in [0, 0.1) is 0 Å². The zero-order chi connectivity index (χ0) is 12.9. The second-order valence-corrected chi connectivity index (χ2v) is 6.42. The highest BCUT2D eigenvalue weighted by atomic mass is 79.9. The fourth-order valence-electron chi connectivity index (χ4n) is 1.08. The summed E-state index contributed by atoms with van der Waals surface area (Å²) < 4.78 is 26.8. The first-order valence-electron chi connectivity index (χ1n) is 4.63. The Morgan fingerprint density at radius 3 is 2.65 bits per heavy atom. The summed E-state index contributed by atoms with van der Waals surface area (Å²) in [4.78, 5) is 0.0571. The number of sulfonamides is 1. The zero-order valence-corrected chi connectivity index (χ0v) is 12.6. The van der Waals surface area contributed by atoms with E-state index in [0.717, 1.165) is 4.47 Å². The standard InChI is InChI=1S/C10H10BrCl2NO2S/c11-8-3-4-10(9(13)7-8)17(15,16)14-6-2-1-5-12/h1-4,7,14H,5-6H2/b2-1+. The van der Waals surface area contributed by atoms with E-state index >= 15 is 0 Å². The topological polar surface area (TPSA) is 46.2 Å². The second kappa shape index (κ2) is 6.75. The van der Waals surface area contributed by atoms with Gasteiger partial charge < -0.3 is 0 Å². The maximum atomic E-state index is 11.8. The molecule has 0 radical (unpaired) electrons. The quantitative estimate of drug-likeness (QED) is 0.649. The maximum absolute atomic E-state index is 11.8. The van der Waals surface area contributed by atoms with Crippen molar-refractivity contribution in [1.82, 2.24) is 4.72 Å². The van der Waals surface area contributed by atoms with Gasteiger partial charge in [0.05, 0.1) is 5.02 Å². The average molecular weight is 359 g/mol. The van der Waals surface area contributed by atoms with Crippen LogP contribution in [0.15, 0.2) is 39.7 Å². The molecule has 0 spiro atoms. The van der Waals surface area contributed by atoms with E-state index in [1.165, 1.54) is 12.1 Å². The Kier molecular flexibility index (Phi) is 5.95. The van der Waals surface area contributed by atoms with Gasteiger partial charge in [-0.3, -0.25) is 0 Å². The van der Waals surface area contributed by atoms with Crippen LogP contribution in [0.2, 0.25) is 5.02 Å². The predicted octanol–water partition coefficient (Wildman–Crippen LogP) is 3.18. The highest BCUT2D eigenvalue weighted by Gasteiger charge is 2.16. The minimum Gasteiger partial charge on any atom is -0.207 e. The lowest BCUT2D eigenvalue weighted by Crippen LogP contribution is -2.24.